The Hall–Kier alpha value is -2.18. The highest BCUT2D eigenvalue weighted by Crippen LogP contribution is 2.33. The van der Waals surface area contributed by atoms with E-state index in [0.29, 0.717) is 0 Å². The monoisotopic (exact) mass is 325 g/mol. The number of carbonyl (C=O) groups is 1. The zero-order chi connectivity index (χ0) is 15.4. The third kappa shape index (κ3) is 3.68. The zero-order valence-electron chi connectivity index (χ0n) is 10.5. The first-order valence-corrected chi connectivity index (χ1v) is 6.55. The number of nitro benzene ring substituents is 1. The summed E-state index contributed by atoms with van der Waals surface area (Å²) in [6.45, 7) is 0.251. The summed E-state index contributed by atoms with van der Waals surface area (Å²) >= 11 is 11.5. The highest BCUT2D eigenvalue weighted by atomic mass is 35.5. The van der Waals surface area contributed by atoms with Crippen LogP contribution in [0.2, 0.25) is 10.0 Å². The smallest absolute Gasteiger partial charge is 0.290 e. The van der Waals surface area contributed by atoms with Crippen molar-refractivity contribution in [3.63, 3.8) is 0 Å². The Balaban J connectivity index is 2.18. The molecule has 0 unspecified atom stereocenters. The van der Waals surface area contributed by atoms with Crippen molar-refractivity contribution in [3.8, 4) is 0 Å². The van der Waals surface area contributed by atoms with E-state index >= 15 is 0 Å². The molecule has 0 spiro atoms. The molecule has 6 nitrogen and oxygen atoms in total. The number of hydrogen-bond donors (Lipinski definition) is 1. The second kappa shape index (κ2) is 6.51. The van der Waals surface area contributed by atoms with Gasteiger partial charge in [0, 0.05) is 30.6 Å². The summed E-state index contributed by atoms with van der Waals surface area (Å²) in [4.78, 5) is 26.1. The summed E-state index contributed by atoms with van der Waals surface area (Å²) in [6.07, 6.45) is 3.23. The molecule has 0 atom stereocenters. The van der Waals surface area contributed by atoms with Crippen LogP contribution >= 0.6 is 23.2 Å². The van der Waals surface area contributed by atoms with Gasteiger partial charge < -0.3 is 5.32 Å². The Kier molecular flexibility index (Phi) is 4.72. The number of pyridine rings is 1. The van der Waals surface area contributed by atoms with Crippen molar-refractivity contribution in [1.29, 1.82) is 0 Å². The molecule has 108 valence electrons. The summed E-state index contributed by atoms with van der Waals surface area (Å²) in [7, 11) is 0. The lowest BCUT2D eigenvalue weighted by atomic mass is 10.2. The lowest BCUT2D eigenvalue weighted by molar-refractivity contribution is -0.384. The fourth-order valence-corrected chi connectivity index (χ4v) is 2.02. The Morgan fingerprint density at radius 1 is 1.38 bits per heavy atom. The number of amides is 1. The number of hydrogen-bond acceptors (Lipinski definition) is 4. The number of halogens is 2. The van der Waals surface area contributed by atoms with Gasteiger partial charge in [-0.2, -0.15) is 0 Å². The van der Waals surface area contributed by atoms with Crippen LogP contribution in [0.1, 0.15) is 15.9 Å². The fraction of sp³-hybridized carbons (Fsp3) is 0.0769. The van der Waals surface area contributed by atoms with Gasteiger partial charge in [0.15, 0.2) is 0 Å². The summed E-state index contributed by atoms with van der Waals surface area (Å²) in [5.74, 6) is -0.486. The molecule has 1 aromatic heterocycles. The van der Waals surface area contributed by atoms with Crippen molar-refractivity contribution in [3.05, 3.63) is 67.9 Å². The molecule has 1 heterocycles. The number of nitrogens with one attached hydrogen (secondary N) is 1. The van der Waals surface area contributed by atoms with E-state index < -0.39 is 16.5 Å². The maximum Gasteiger partial charge on any atom is 0.290 e. The molecule has 1 N–H and O–H groups in total. The SMILES string of the molecule is O=C(NCc1cccnc1)c1cc(Cl)c(Cl)c([N+](=O)[O-])c1. The molecule has 0 aliphatic rings. The van der Waals surface area contributed by atoms with Crippen LogP contribution in [0, 0.1) is 10.1 Å². The summed E-state index contributed by atoms with van der Waals surface area (Å²) in [5, 5.41) is 13.2. The van der Waals surface area contributed by atoms with Crippen molar-refractivity contribution >= 4 is 34.8 Å². The van der Waals surface area contributed by atoms with Crippen LogP contribution in [-0.4, -0.2) is 15.8 Å². The van der Waals surface area contributed by atoms with Gasteiger partial charge >= 0.3 is 0 Å². The van der Waals surface area contributed by atoms with Gasteiger partial charge in [-0.05, 0) is 17.7 Å². The van der Waals surface area contributed by atoms with E-state index in [1.54, 1.807) is 24.5 Å². The van der Waals surface area contributed by atoms with Gasteiger partial charge in [0.1, 0.15) is 5.02 Å². The highest BCUT2D eigenvalue weighted by Gasteiger charge is 2.19. The van der Waals surface area contributed by atoms with Crippen LogP contribution in [0.3, 0.4) is 0 Å². The van der Waals surface area contributed by atoms with Crippen LogP contribution < -0.4 is 5.32 Å². The maximum atomic E-state index is 12.0. The second-order valence-corrected chi connectivity index (χ2v) is 4.88. The van der Waals surface area contributed by atoms with E-state index in [1.165, 1.54) is 6.07 Å². The summed E-state index contributed by atoms with van der Waals surface area (Å²) in [6, 6.07) is 5.91. The van der Waals surface area contributed by atoms with E-state index in [4.69, 9.17) is 23.2 Å². The number of nitrogens with zero attached hydrogens (tertiary/aromatic N) is 2. The van der Waals surface area contributed by atoms with Crippen LogP contribution in [0.15, 0.2) is 36.7 Å². The van der Waals surface area contributed by atoms with Crippen molar-refractivity contribution in [2.24, 2.45) is 0 Å². The normalized spacial score (nSPS) is 10.2. The topological polar surface area (TPSA) is 85.1 Å². The molecule has 8 heteroatoms. The first kappa shape index (κ1) is 15.2. The number of rotatable bonds is 4. The zero-order valence-corrected chi connectivity index (χ0v) is 12.1. The molecular formula is C13H9Cl2N3O3. The molecular weight excluding hydrogens is 317 g/mol. The maximum absolute atomic E-state index is 12.0. The number of benzene rings is 1. The lowest BCUT2D eigenvalue weighted by Crippen LogP contribution is -2.23. The summed E-state index contributed by atoms with van der Waals surface area (Å²) < 4.78 is 0. The van der Waals surface area contributed by atoms with Gasteiger partial charge in [-0.15, -0.1) is 0 Å². The van der Waals surface area contributed by atoms with E-state index in [0.717, 1.165) is 11.6 Å². The predicted molar refractivity (Wildman–Crippen MR) is 78.5 cm³/mol. The Labute approximate surface area is 129 Å². The molecule has 1 aromatic carbocycles. The Bertz CT molecular complexity index is 693. The van der Waals surface area contributed by atoms with Crippen LogP contribution in [0.4, 0.5) is 5.69 Å². The van der Waals surface area contributed by atoms with Gasteiger partial charge in [0.2, 0.25) is 0 Å². The highest BCUT2D eigenvalue weighted by molar-refractivity contribution is 6.43. The Morgan fingerprint density at radius 2 is 2.14 bits per heavy atom. The Morgan fingerprint density at radius 3 is 2.76 bits per heavy atom. The van der Waals surface area contributed by atoms with Crippen molar-refractivity contribution in [2.75, 3.05) is 0 Å². The van der Waals surface area contributed by atoms with E-state index in [9.17, 15) is 14.9 Å². The minimum absolute atomic E-state index is 0.0441. The van der Waals surface area contributed by atoms with E-state index in [-0.39, 0.29) is 22.2 Å². The first-order chi connectivity index (χ1) is 9.99. The average molecular weight is 326 g/mol. The van der Waals surface area contributed by atoms with Gasteiger partial charge in [0.05, 0.1) is 9.95 Å². The lowest BCUT2D eigenvalue weighted by Gasteiger charge is -2.06. The molecule has 2 rings (SSSR count). The molecule has 0 fully saturated rings. The van der Waals surface area contributed by atoms with E-state index in [2.05, 4.69) is 10.3 Å². The molecule has 0 radical (unpaired) electrons. The number of nitro groups is 1. The average Bonchev–Trinajstić information content (AvgIpc) is 2.48. The minimum Gasteiger partial charge on any atom is -0.348 e. The minimum atomic E-state index is -0.688. The molecule has 0 aliphatic carbocycles. The summed E-state index contributed by atoms with van der Waals surface area (Å²) in [5.41, 5.74) is 0.469. The van der Waals surface area contributed by atoms with Crippen molar-refractivity contribution in [1.82, 2.24) is 10.3 Å². The van der Waals surface area contributed by atoms with Crippen LogP contribution in [-0.2, 0) is 6.54 Å². The second-order valence-electron chi connectivity index (χ2n) is 4.09. The molecule has 2 aromatic rings. The van der Waals surface area contributed by atoms with Crippen molar-refractivity contribution in [2.45, 2.75) is 6.54 Å². The largest absolute Gasteiger partial charge is 0.348 e. The quantitative estimate of drug-likeness (QED) is 0.690. The van der Waals surface area contributed by atoms with Gasteiger partial charge in [-0.25, -0.2) is 0 Å². The van der Waals surface area contributed by atoms with Gasteiger partial charge in [0.25, 0.3) is 11.6 Å². The molecule has 1 amide bonds. The van der Waals surface area contributed by atoms with E-state index in [1.807, 2.05) is 0 Å². The first-order valence-electron chi connectivity index (χ1n) is 5.79. The number of carbonyl (C=O) groups excluding carboxylic acids is 1. The molecule has 0 saturated carbocycles. The third-order valence-electron chi connectivity index (χ3n) is 2.64. The van der Waals surface area contributed by atoms with Gasteiger partial charge in [-0.3, -0.25) is 19.9 Å². The standard InChI is InChI=1S/C13H9Cl2N3O3/c14-10-4-9(5-11(12(10)15)18(20)21)13(19)17-7-8-2-1-3-16-6-8/h1-6H,7H2,(H,17,19). The van der Waals surface area contributed by atoms with Crippen LogP contribution in [0.25, 0.3) is 0 Å². The number of aromatic nitrogens is 1. The molecule has 0 aliphatic heterocycles. The fourth-order valence-electron chi connectivity index (χ4n) is 1.63. The molecule has 21 heavy (non-hydrogen) atoms. The molecule has 0 saturated heterocycles. The predicted octanol–water partition coefficient (Wildman–Crippen LogP) is 3.23. The van der Waals surface area contributed by atoms with Crippen LogP contribution in [0.5, 0.6) is 0 Å². The molecule has 0 bridgehead atoms. The van der Waals surface area contributed by atoms with Crippen molar-refractivity contribution < 1.29 is 9.72 Å². The van der Waals surface area contributed by atoms with Gasteiger partial charge in [-0.1, -0.05) is 29.3 Å². The third-order valence-corrected chi connectivity index (χ3v) is 3.44.